The Labute approximate surface area is 221 Å². The van der Waals surface area contributed by atoms with E-state index in [1.54, 1.807) is 0 Å². The first kappa shape index (κ1) is 30.4. The number of anilines is 1. The van der Waals surface area contributed by atoms with Gasteiger partial charge in [0.2, 0.25) is 0 Å². The van der Waals surface area contributed by atoms with E-state index in [1.807, 2.05) is 5.43 Å². The van der Waals surface area contributed by atoms with E-state index in [1.165, 1.54) is 4.83 Å². The Bertz CT molecular complexity index is 1140. The maximum absolute atomic E-state index is 11.3. The summed E-state index contributed by atoms with van der Waals surface area (Å²) < 4.78 is 99.6. The van der Waals surface area contributed by atoms with Gasteiger partial charge in [-0.2, -0.15) is 0 Å². The number of hydrogen-bond donors (Lipinski definition) is 2. The van der Waals surface area contributed by atoms with Gasteiger partial charge in [0.05, 0.1) is 15.5 Å². The molecule has 0 spiro atoms. The van der Waals surface area contributed by atoms with Crippen molar-refractivity contribution in [1.29, 1.82) is 0 Å². The maximum Gasteiger partial charge on any atom is 1.00 e. The van der Waals surface area contributed by atoms with Gasteiger partial charge in [-0.25, -0.2) is 25.3 Å². The van der Waals surface area contributed by atoms with Crippen LogP contribution >= 0.6 is 0 Å². The molecule has 0 atom stereocenters. The minimum Gasteiger partial charge on any atom is -0.744 e. The molecule has 0 radical (unpaired) electrons. The van der Waals surface area contributed by atoms with Crippen LogP contribution in [0.4, 0.5) is 5.69 Å². The fourth-order valence-corrected chi connectivity index (χ4v) is 3.62. The molecule has 2 N–H and O–H groups in total. The van der Waals surface area contributed by atoms with Gasteiger partial charge in [0.15, 0.2) is 10.3 Å². The zero-order valence-electron chi connectivity index (χ0n) is 14.3. The predicted octanol–water partition coefficient (Wildman–Crippen LogP) is -9.96. The second-order valence-corrected chi connectivity index (χ2v) is 8.19. The third-order valence-electron chi connectivity index (χ3n) is 2.81. The van der Waals surface area contributed by atoms with Crippen molar-refractivity contribution in [2.24, 2.45) is 0 Å². The van der Waals surface area contributed by atoms with Crippen molar-refractivity contribution in [2.75, 3.05) is 5.43 Å². The van der Waals surface area contributed by atoms with Crippen LogP contribution in [-0.2, 0) is 30.5 Å². The van der Waals surface area contributed by atoms with Crippen molar-refractivity contribution in [3.05, 3.63) is 30.3 Å². The van der Waals surface area contributed by atoms with Crippen LogP contribution in [0.25, 0.3) is 10.8 Å². The number of benzene rings is 2. The summed E-state index contributed by atoms with van der Waals surface area (Å²) in [4.78, 5) is -0.416. The molecule has 0 amide bonds. The Morgan fingerprint density at radius 3 is 1.67 bits per heavy atom. The molecule has 17 heteroatoms. The van der Waals surface area contributed by atoms with Crippen LogP contribution in [0.5, 0.6) is 0 Å². The Morgan fingerprint density at radius 1 is 0.704 bits per heavy atom. The fourth-order valence-electron chi connectivity index (χ4n) is 1.99. The molecule has 0 heterocycles. The zero-order valence-corrected chi connectivity index (χ0v) is 22.7. The number of rotatable bonds is 5. The molecular weight excluding hydrogens is 457 g/mol. The average molecular weight is 464 g/mol. The van der Waals surface area contributed by atoms with Gasteiger partial charge in [-0.05, 0) is 18.2 Å². The molecule has 2 rings (SSSR count). The second-order valence-electron chi connectivity index (χ2n) is 4.38. The molecule has 0 aromatic heterocycles. The molecule has 0 unspecified atom stereocenters. The summed E-state index contributed by atoms with van der Waals surface area (Å²) >= 11 is 0. The Morgan fingerprint density at radius 2 is 1.22 bits per heavy atom. The number of hydrazine groups is 1. The summed E-state index contributed by atoms with van der Waals surface area (Å²) in [5.74, 6) is 0. The van der Waals surface area contributed by atoms with Crippen molar-refractivity contribution in [3.63, 3.8) is 0 Å². The van der Waals surface area contributed by atoms with Gasteiger partial charge in [-0.3, -0.25) is 0 Å². The zero-order chi connectivity index (χ0) is 18.3. The van der Waals surface area contributed by atoms with Crippen LogP contribution in [-0.4, -0.2) is 38.9 Å². The number of hydrogen-bond acceptors (Lipinski definition) is 10. The predicted molar refractivity (Wildman–Crippen MR) is 76.3 cm³/mol. The van der Waals surface area contributed by atoms with Crippen molar-refractivity contribution < 1.29 is 128 Å². The molecule has 0 fully saturated rings. The van der Waals surface area contributed by atoms with Crippen LogP contribution in [0.2, 0.25) is 0 Å². The summed E-state index contributed by atoms with van der Waals surface area (Å²) in [6, 6.07) is 4.52. The first-order valence-electron chi connectivity index (χ1n) is 5.77. The molecule has 0 bridgehead atoms. The normalized spacial score (nSPS) is 11.7. The summed E-state index contributed by atoms with van der Waals surface area (Å²) in [6.07, 6.45) is 0. The minimum atomic E-state index is -5.11. The van der Waals surface area contributed by atoms with E-state index in [0.717, 1.165) is 30.3 Å². The summed E-state index contributed by atoms with van der Waals surface area (Å²) in [6.45, 7) is 0. The molecular formula is C10H7N2Na3O9S3. The van der Waals surface area contributed by atoms with Gasteiger partial charge in [-0.15, -0.1) is 4.83 Å². The molecule has 2 aromatic rings. The number of nitrogens with one attached hydrogen (secondary N) is 2. The Balaban J connectivity index is 0. The molecule has 0 aliphatic rings. The van der Waals surface area contributed by atoms with Gasteiger partial charge in [0.25, 0.3) is 0 Å². The second kappa shape index (κ2) is 11.0. The van der Waals surface area contributed by atoms with E-state index in [2.05, 4.69) is 0 Å². The van der Waals surface area contributed by atoms with Crippen molar-refractivity contribution in [3.8, 4) is 0 Å². The topological polar surface area (TPSA) is 196 Å². The molecule has 0 saturated carbocycles. The van der Waals surface area contributed by atoms with Crippen LogP contribution in [0, 0.1) is 0 Å². The third kappa shape index (κ3) is 8.09. The van der Waals surface area contributed by atoms with Crippen LogP contribution < -0.4 is 98.9 Å². The molecule has 27 heavy (non-hydrogen) atoms. The van der Waals surface area contributed by atoms with Gasteiger partial charge in [0.1, 0.15) is 20.2 Å². The molecule has 132 valence electrons. The van der Waals surface area contributed by atoms with Gasteiger partial charge in [0, 0.05) is 10.8 Å². The molecule has 11 nitrogen and oxygen atoms in total. The standard InChI is InChI=1S/C10H10N2O9S3.3Na/c13-22(14,15)8-5-4-7(11-12-24(19,20)21)10-6(8)2-1-3-9(10)23(16,17)18;;;/h1-5,11-12H,(H,13,14,15)(H,16,17,18)(H,19,20,21);;;/q;3*+1/p-3. The van der Waals surface area contributed by atoms with Crippen LogP contribution in [0.3, 0.4) is 0 Å². The number of fused-ring (bicyclic) bond motifs is 1. The van der Waals surface area contributed by atoms with E-state index in [-0.39, 0.29) is 88.7 Å². The maximum atomic E-state index is 11.3. The van der Waals surface area contributed by atoms with Crippen LogP contribution in [0.15, 0.2) is 40.1 Å². The summed E-state index contributed by atoms with van der Waals surface area (Å²) in [7, 11) is -15.1. The average Bonchev–Trinajstić information content (AvgIpc) is 2.40. The Hall–Kier alpha value is 1.19. The van der Waals surface area contributed by atoms with E-state index in [0.29, 0.717) is 0 Å². The van der Waals surface area contributed by atoms with Crippen molar-refractivity contribution >= 4 is 47.0 Å². The summed E-state index contributed by atoms with van der Waals surface area (Å²) in [5, 5.41) is -0.988. The van der Waals surface area contributed by atoms with E-state index >= 15 is 0 Å². The molecule has 0 saturated heterocycles. The fraction of sp³-hybridized carbons (Fsp3) is 0. The SMILES string of the molecule is O=S(=O)([O-])NNc1ccc(S(=O)(=O)[O-])c2cccc(S(=O)(=O)[O-])c12.[Na+].[Na+].[Na+]. The van der Waals surface area contributed by atoms with E-state index in [9.17, 15) is 38.9 Å². The minimum absolute atomic E-state index is 0. The van der Waals surface area contributed by atoms with Gasteiger partial charge < -0.3 is 19.1 Å². The summed E-state index contributed by atoms with van der Waals surface area (Å²) in [5.41, 5.74) is 1.46. The monoisotopic (exact) mass is 464 g/mol. The van der Waals surface area contributed by atoms with Crippen molar-refractivity contribution in [2.45, 2.75) is 9.79 Å². The first-order valence-corrected chi connectivity index (χ1v) is 9.99. The molecule has 0 aliphatic heterocycles. The van der Waals surface area contributed by atoms with Gasteiger partial charge in [-0.1, -0.05) is 12.1 Å². The first-order chi connectivity index (χ1) is 10.8. The quantitative estimate of drug-likeness (QED) is 0.244. The largest absolute Gasteiger partial charge is 1.00 e. The van der Waals surface area contributed by atoms with Crippen LogP contribution in [0.1, 0.15) is 0 Å². The third-order valence-corrected chi connectivity index (χ3v) is 4.94. The van der Waals surface area contributed by atoms with E-state index in [4.69, 9.17) is 0 Å². The molecule has 0 aliphatic carbocycles. The van der Waals surface area contributed by atoms with E-state index < -0.39 is 56.8 Å². The van der Waals surface area contributed by atoms with Gasteiger partial charge >= 0.3 is 88.7 Å². The smallest absolute Gasteiger partial charge is 0.744 e. The van der Waals surface area contributed by atoms with Crippen molar-refractivity contribution in [1.82, 2.24) is 4.83 Å². The molecule has 2 aromatic carbocycles. The Kier molecular flexibility index (Phi) is 12.4.